The number of anilines is 1. The monoisotopic (exact) mass is 453 g/mol. The second kappa shape index (κ2) is 9.83. The lowest BCUT2D eigenvalue weighted by Gasteiger charge is -2.09. The zero-order chi connectivity index (χ0) is 24.1. The van der Waals surface area contributed by atoms with E-state index >= 15 is 0 Å². The molecule has 0 saturated carbocycles. The lowest BCUT2D eigenvalue weighted by Crippen LogP contribution is -2.33. The number of nitrogens with zero attached hydrogens (tertiary/aromatic N) is 2. The minimum atomic E-state index is -0.642. The molecule has 8 heteroatoms. The maximum atomic E-state index is 13.3. The third-order valence-corrected chi connectivity index (χ3v) is 5.19. The summed E-state index contributed by atoms with van der Waals surface area (Å²) in [6.07, 6.45) is 1.69. The van der Waals surface area contributed by atoms with E-state index < -0.39 is 11.8 Å². The molecule has 0 saturated heterocycles. The maximum Gasteiger partial charge on any atom is 0.259 e. The van der Waals surface area contributed by atoms with Crippen LogP contribution in [0.5, 0.6) is 0 Å². The fourth-order valence-corrected chi connectivity index (χ4v) is 3.50. The van der Waals surface area contributed by atoms with Gasteiger partial charge in [0.15, 0.2) is 0 Å². The van der Waals surface area contributed by atoms with Crippen LogP contribution in [-0.2, 0) is 4.79 Å². The van der Waals surface area contributed by atoms with Crippen LogP contribution in [0.25, 0.3) is 16.9 Å². The molecule has 34 heavy (non-hydrogen) atoms. The van der Waals surface area contributed by atoms with Crippen LogP contribution in [0.4, 0.5) is 5.69 Å². The number of hydrogen-bond acceptors (Lipinski definition) is 4. The first kappa shape index (κ1) is 22.5. The summed E-state index contributed by atoms with van der Waals surface area (Å²) in [5.41, 5.74) is 9.40. The van der Waals surface area contributed by atoms with Crippen LogP contribution >= 0.6 is 0 Å². The Bertz CT molecular complexity index is 1360. The van der Waals surface area contributed by atoms with Crippen molar-refractivity contribution in [2.45, 2.75) is 6.92 Å². The summed E-state index contributed by atoms with van der Waals surface area (Å²) in [5.74, 6) is -1.47. The molecule has 170 valence electrons. The Morgan fingerprint density at radius 3 is 2.38 bits per heavy atom. The minimum Gasteiger partial charge on any atom is -0.368 e. The van der Waals surface area contributed by atoms with Crippen molar-refractivity contribution < 1.29 is 14.4 Å². The molecule has 0 aliphatic carbocycles. The number of nitrogens with one attached hydrogen (secondary N) is 2. The number of amides is 3. The van der Waals surface area contributed by atoms with Gasteiger partial charge in [-0.25, -0.2) is 4.68 Å². The van der Waals surface area contributed by atoms with E-state index in [1.807, 2.05) is 61.5 Å². The van der Waals surface area contributed by atoms with Crippen molar-refractivity contribution in [1.82, 2.24) is 15.1 Å². The van der Waals surface area contributed by atoms with Gasteiger partial charge in [0.2, 0.25) is 5.91 Å². The molecule has 1 heterocycles. The summed E-state index contributed by atoms with van der Waals surface area (Å²) in [6.45, 7) is 1.70. The van der Waals surface area contributed by atoms with Crippen molar-refractivity contribution in [3.05, 3.63) is 102 Å². The van der Waals surface area contributed by atoms with Crippen LogP contribution in [0, 0.1) is 6.92 Å². The topological polar surface area (TPSA) is 119 Å². The van der Waals surface area contributed by atoms with Gasteiger partial charge in [-0.15, -0.1) is 0 Å². The molecule has 0 unspecified atom stereocenters. The Balaban J connectivity index is 1.66. The van der Waals surface area contributed by atoms with E-state index in [1.54, 1.807) is 29.1 Å². The molecule has 1 aromatic heterocycles. The molecule has 0 atom stereocenters. The van der Waals surface area contributed by atoms with E-state index in [0.717, 1.165) is 16.8 Å². The Hall–Kier alpha value is -4.72. The third-order valence-electron chi connectivity index (χ3n) is 5.19. The third kappa shape index (κ3) is 5.02. The molecule has 4 aromatic rings. The lowest BCUT2D eigenvalue weighted by molar-refractivity contribution is -0.117. The van der Waals surface area contributed by atoms with Crippen LogP contribution in [0.1, 0.15) is 26.3 Å². The van der Waals surface area contributed by atoms with Gasteiger partial charge in [-0.1, -0.05) is 48.5 Å². The largest absolute Gasteiger partial charge is 0.368 e. The number of carbonyl (C=O) groups is 3. The van der Waals surface area contributed by atoms with Gasteiger partial charge in [0.1, 0.15) is 5.69 Å². The van der Waals surface area contributed by atoms with E-state index in [0.29, 0.717) is 16.9 Å². The summed E-state index contributed by atoms with van der Waals surface area (Å²) in [6, 6.07) is 23.7. The minimum absolute atomic E-state index is 0.270. The zero-order valence-electron chi connectivity index (χ0n) is 18.5. The number of rotatable bonds is 7. The van der Waals surface area contributed by atoms with Crippen LogP contribution in [0.3, 0.4) is 0 Å². The van der Waals surface area contributed by atoms with E-state index in [1.165, 1.54) is 6.07 Å². The fourth-order valence-electron chi connectivity index (χ4n) is 3.50. The van der Waals surface area contributed by atoms with Crippen molar-refractivity contribution in [1.29, 1.82) is 0 Å². The molecular weight excluding hydrogens is 430 g/mol. The van der Waals surface area contributed by atoms with Crippen molar-refractivity contribution in [3.63, 3.8) is 0 Å². The Morgan fingerprint density at radius 1 is 0.912 bits per heavy atom. The SMILES string of the molecule is Cc1ccccc1-c1nn(-c2ccccc2)cc1C(=O)Nc1cccc(C(=O)NCC(N)=O)c1. The number of para-hydroxylation sites is 1. The van der Waals surface area contributed by atoms with Gasteiger partial charge in [-0.2, -0.15) is 5.10 Å². The first-order valence-corrected chi connectivity index (χ1v) is 10.6. The lowest BCUT2D eigenvalue weighted by atomic mass is 10.0. The standard InChI is InChI=1S/C26H23N5O3/c1-17-8-5-6-13-21(17)24-22(16-31(30-24)20-11-3-2-4-12-20)26(34)29-19-10-7-9-18(14-19)25(33)28-15-23(27)32/h2-14,16H,15H2,1H3,(H2,27,32)(H,28,33)(H,29,34). The van der Waals surface area contributed by atoms with Crippen molar-refractivity contribution >= 4 is 23.4 Å². The van der Waals surface area contributed by atoms with Crippen molar-refractivity contribution in [2.75, 3.05) is 11.9 Å². The number of primary amides is 1. The predicted octanol–water partition coefficient (Wildman–Crippen LogP) is 3.32. The molecule has 0 fully saturated rings. The van der Waals surface area contributed by atoms with Gasteiger partial charge in [-0.3, -0.25) is 14.4 Å². The van der Waals surface area contributed by atoms with Gasteiger partial charge in [-0.05, 0) is 42.8 Å². The highest BCUT2D eigenvalue weighted by Gasteiger charge is 2.20. The Kier molecular flexibility index (Phi) is 6.49. The van der Waals surface area contributed by atoms with Crippen LogP contribution < -0.4 is 16.4 Å². The smallest absolute Gasteiger partial charge is 0.259 e. The molecule has 0 spiro atoms. The summed E-state index contributed by atoms with van der Waals surface area (Å²) >= 11 is 0. The van der Waals surface area contributed by atoms with Crippen molar-refractivity contribution in [3.8, 4) is 16.9 Å². The predicted molar refractivity (Wildman–Crippen MR) is 130 cm³/mol. The molecule has 0 radical (unpaired) electrons. The molecule has 0 aliphatic rings. The summed E-state index contributed by atoms with van der Waals surface area (Å²) in [4.78, 5) is 36.5. The average molecular weight is 454 g/mol. The van der Waals surface area contributed by atoms with Crippen molar-refractivity contribution in [2.24, 2.45) is 5.73 Å². The Morgan fingerprint density at radius 2 is 1.65 bits per heavy atom. The van der Waals surface area contributed by atoms with Crippen LogP contribution in [-0.4, -0.2) is 34.0 Å². The number of benzene rings is 3. The molecule has 0 aliphatic heterocycles. The molecule has 8 nitrogen and oxygen atoms in total. The number of aryl methyl sites for hydroxylation is 1. The summed E-state index contributed by atoms with van der Waals surface area (Å²) in [5, 5.41) is 9.99. The second-order valence-electron chi connectivity index (χ2n) is 7.67. The normalized spacial score (nSPS) is 10.5. The van der Waals surface area contributed by atoms with Crippen LogP contribution in [0.2, 0.25) is 0 Å². The maximum absolute atomic E-state index is 13.3. The second-order valence-corrected chi connectivity index (χ2v) is 7.67. The van der Waals surface area contributed by atoms with E-state index in [9.17, 15) is 14.4 Å². The number of hydrogen-bond donors (Lipinski definition) is 3. The summed E-state index contributed by atoms with van der Waals surface area (Å²) < 4.78 is 1.67. The van der Waals surface area contributed by atoms with E-state index in [-0.39, 0.29) is 18.0 Å². The molecule has 4 N–H and O–H groups in total. The van der Waals surface area contributed by atoms with Gasteiger partial charge in [0, 0.05) is 23.0 Å². The fraction of sp³-hybridized carbons (Fsp3) is 0.0769. The molecule has 3 amide bonds. The molecule has 4 rings (SSSR count). The Labute approximate surface area is 196 Å². The number of nitrogens with two attached hydrogens (primary N) is 1. The molecule has 0 bridgehead atoms. The van der Waals surface area contributed by atoms with E-state index in [2.05, 4.69) is 10.6 Å². The molecule has 3 aromatic carbocycles. The first-order chi connectivity index (χ1) is 16.4. The quantitative estimate of drug-likeness (QED) is 0.398. The van der Waals surface area contributed by atoms with E-state index in [4.69, 9.17) is 10.8 Å². The highest BCUT2D eigenvalue weighted by atomic mass is 16.2. The highest BCUT2D eigenvalue weighted by Crippen LogP contribution is 2.27. The van der Waals surface area contributed by atoms with Gasteiger partial charge >= 0.3 is 0 Å². The van der Waals surface area contributed by atoms with Crippen LogP contribution in [0.15, 0.2) is 85.1 Å². The molecular formula is C26H23N5O3. The van der Waals surface area contributed by atoms with Gasteiger partial charge in [0.25, 0.3) is 11.8 Å². The van der Waals surface area contributed by atoms with Gasteiger partial charge < -0.3 is 16.4 Å². The number of aromatic nitrogens is 2. The highest BCUT2D eigenvalue weighted by molar-refractivity contribution is 6.08. The average Bonchev–Trinajstić information content (AvgIpc) is 3.29. The first-order valence-electron chi connectivity index (χ1n) is 10.6. The zero-order valence-corrected chi connectivity index (χ0v) is 18.5. The van der Waals surface area contributed by atoms with Gasteiger partial charge in [0.05, 0.1) is 17.8 Å². The number of carbonyl (C=O) groups excluding carboxylic acids is 3. The summed E-state index contributed by atoms with van der Waals surface area (Å²) in [7, 11) is 0.